The van der Waals surface area contributed by atoms with Gasteiger partial charge in [0.2, 0.25) is 0 Å². The van der Waals surface area contributed by atoms with Crippen molar-refractivity contribution in [2.45, 2.75) is 37.8 Å². The second-order valence-electron chi connectivity index (χ2n) is 5.83. The van der Waals surface area contributed by atoms with E-state index in [9.17, 15) is 9.90 Å². The number of amides is 1. The van der Waals surface area contributed by atoms with E-state index in [4.69, 9.17) is 0 Å². The molecule has 1 aromatic heterocycles. The van der Waals surface area contributed by atoms with Gasteiger partial charge in [-0.2, -0.15) is 0 Å². The lowest BCUT2D eigenvalue weighted by Crippen LogP contribution is -2.43. The Bertz CT molecular complexity index is 465. The molecule has 3 heterocycles. The number of likely N-dealkylation sites (tertiary alicyclic amines) is 1. The van der Waals surface area contributed by atoms with E-state index < -0.39 is 0 Å². The summed E-state index contributed by atoms with van der Waals surface area (Å²) in [4.78, 5) is 14.4. The minimum absolute atomic E-state index is 0.0623. The molecule has 2 aliphatic rings. The van der Waals surface area contributed by atoms with E-state index in [1.165, 1.54) is 0 Å². The maximum absolute atomic E-state index is 12.6. The first kappa shape index (κ1) is 13.6. The van der Waals surface area contributed by atoms with Gasteiger partial charge in [-0.1, -0.05) is 0 Å². The van der Waals surface area contributed by atoms with Crippen molar-refractivity contribution < 1.29 is 9.90 Å². The number of nitrogens with zero attached hydrogens (tertiary/aromatic N) is 2. The molecule has 5 heteroatoms. The van der Waals surface area contributed by atoms with Crippen molar-refractivity contribution in [3.05, 3.63) is 24.0 Å². The Labute approximate surface area is 119 Å². The third-order valence-corrected chi connectivity index (χ3v) is 4.38. The highest BCUT2D eigenvalue weighted by Gasteiger charge is 2.26. The fourth-order valence-electron chi connectivity index (χ4n) is 3.28. The predicted octanol–water partition coefficient (Wildman–Crippen LogP) is 1.01. The molecule has 1 amide bonds. The molecule has 0 aliphatic carbocycles. The third-order valence-electron chi connectivity index (χ3n) is 4.38. The third kappa shape index (κ3) is 2.74. The van der Waals surface area contributed by atoms with Crippen LogP contribution in [0.1, 0.15) is 42.2 Å². The molecule has 1 aromatic rings. The van der Waals surface area contributed by atoms with Gasteiger partial charge >= 0.3 is 0 Å². The maximum Gasteiger partial charge on any atom is 0.270 e. The zero-order valence-electron chi connectivity index (χ0n) is 11.8. The molecule has 110 valence electrons. The summed E-state index contributed by atoms with van der Waals surface area (Å²) in [6.07, 6.45) is 5.48. The molecule has 0 bridgehead atoms. The highest BCUT2D eigenvalue weighted by molar-refractivity contribution is 5.93. The Morgan fingerprint density at radius 1 is 1.30 bits per heavy atom. The van der Waals surface area contributed by atoms with Gasteiger partial charge in [-0.3, -0.25) is 4.79 Å². The average Bonchev–Trinajstić information content (AvgIpc) is 2.97. The second-order valence-corrected chi connectivity index (χ2v) is 5.83. The van der Waals surface area contributed by atoms with Gasteiger partial charge in [0.25, 0.3) is 5.91 Å². The molecule has 1 unspecified atom stereocenters. The fourth-order valence-corrected chi connectivity index (χ4v) is 3.28. The normalized spacial score (nSPS) is 24.9. The molecule has 2 aliphatic heterocycles. The number of hydrogen-bond acceptors (Lipinski definition) is 3. The average molecular weight is 277 g/mol. The second kappa shape index (κ2) is 5.97. The van der Waals surface area contributed by atoms with E-state index in [-0.39, 0.29) is 12.0 Å². The molecule has 5 nitrogen and oxygen atoms in total. The number of rotatable bonds is 2. The standard InChI is InChI=1S/C15H23N3O2/c19-13-3-1-9-17(11-13)15(20)14-4-2-10-18(14)12-5-7-16-8-6-12/h2,4,10,12-13,16,19H,1,3,5-9,11H2. The van der Waals surface area contributed by atoms with Gasteiger partial charge in [0.05, 0.1) is 6.10 Å². The zero-order valence-corrected chi connectivity index (χ0v) is 11.8. The van der Waals surface area contributed by atoms with Crippen LogP contribution in [0.3, 0.4) is 0 Å². The summed E-state index contributed by atoms with van der Waals surface area (Å²) in [5, 5.41) is 13.1. The first-order valence-electron chi connectivity index (χ1n) is 7.60. The summed E-state index contributed by atoms with van der Waals surface area (Å²) in [6, 6.07) is 4.28. The van der Waals surface area contributed by atoms with Crippen LogP contribution in [0.2, 0.25) is 0 Å². The molecule has 3 rings (SSSR count). The van der Waals surface area contributed by atoms with Crippen LogP contribution in [0.5, 0.6) is 0 Å². The van der Waals surface area contributed by atoms with Crippen LogP contribution in [0, 0.1) is 0 Å². The monoisotopic (exact) mass is 277 g/mol. The van der Waals surface area contributed by atoms with Crippen molar-refractivity contribution in [3.63, 3.8) is 0 Å². The summed E-state index contributed by atoms with van der Waals surface area (Å²) in [7, 11) is 0. The predicted molar refractivity (Wildman–Crippen MR) is 76.7 cm³/mol. The minimum atomic E-state index is -0.366. The van der Waals surface area contributed by atoms with Gasteiger partial charge in [0, 0.05) is 25.3 Å². The first-order valence-corrected chi connectivity index (χ1v) is 7.60. The highest BCUT2D eigenvalue weighted by Crippen LogP contribution is 2.23. The molecule has 1 atom stereocenters. The van der Waals surface area contributed by atoms with E-state index in [1.54, 1.807) is 4.90 Å². The minimum Gasteiger partial charge on any atom is -0.391 e. The lowest BCUT2D eigenvalue weighted by molar-refractivity contribution is 0.0462. The number of nitrogens with one attached hydrogen (secondary N) is 1. The SMILES string of the molecule is O=C(c1cccn1C1CCNCC1)N1CCCC(O)C1. The van der Waals surface area contributed by atoms with Crippen LogP contribution in [-0.4, -0.2) is 52.8 Å². The van der Waals surface area contributed by atoms with Gasteiger partial charge < -0.3 is 19.9 Å². The molecule has 0 spiro atoms. The van der Waals surface area contributed by atoms with Gasteiger partial charge in [-0.05, 0) is 50.9 Å². The molecule has 0 saturated carbocycles. The zero-order chi connectivity index (χ0) is 13.9. The molecule has 2 saturated heterocycles. The van der Waals surface area contributed by atoms with Crippen molar-refractivity contribution >= 4 is 5.91 Å². The summed E-state index contributed by atoms with van der Waals surface area (Å²) < 4.78 is 2.13. The Kier molecular flexibility index (Phi) is 4.08. The van der Waals surface area contributed by atoms with E-state index in [2.05, 4.69) is 9.88 Å². The number of β-amino-alcohol motifs (C(OH)–C–C–N with tert-alkyl or cyclic N) is 1. The van der Waals surface area contributed by atoms with Crippen LogP contribution in [0.25, 0.3) is 0 Å². The quantitative estimate of drug-likeness (QED) is 0.848. The van der Waals surface area contributed by atoms with E-state index in [0.29, 0.717) is 12.6 Å². The lowest BCUT2D eigenvalue weighted by Gasteiger charge is -2.32. The summed E-state index contributed by atoms with van der Waals surface area (Å²) >= 11 is 0. The number of hydrogen-bond donors (Lipinski definition) is 2. The number of aliphatic hydroxyl groups is 1. The Balaban J connectivity index is 1.76. The Hall–Kier alpha value is -1.33. The van der Waals surface area contributed by atoms with Crippen molar-refractivity contribution in [1.82, 2.24) is 14.8 Å². The van der Waals surface area contributed by atoms with Gasteiger partial charge in [-0.15, -0.1) is 0 Å². The Morgan fingerprint density at radius 3 is 2.85 bits per heavy atom. The number of aliphatic hydroxyl groups excluding tert-OH is 1. The van der Waals surface area contributed by atoms with Crippen molar-refractivity contribution in [3.8, 4) is 0 Å². The highest BCUT2D eigenvalue weighted by atomic mass is 16.3. The van der Waals surface area contributed by atoms with Crippen molar-refractivity contribution in [1.29, 1.82) is 0 Å². The number of carbonyl (C=O) groups excluding carboxylic acids is 1. The van der Waals surface area contributed by atoms with Crippen LogP contribution < -0.4 is 5.32 Å². The summed E-state index contributed by atoms with van der Waals surface area (Å²) in [5.74, 6) is 0.0623. The summed E-state index contributed by atoms with van der Waals surface area (Å²) in [5.41, 5.74) is 0.769. The smallest absolute Gasteiger partial charge is 0.270 e. The number of aromatic nitrogens is 1. The fraction of sp³-hybridized carbons (Fsp3) is 0.667. The van der Waals surface area contributed by atoms with Gasteiger partial charge in [-0.25, -0.2) is 0 Å². The van der Waals surface area contributed by atoms with Crippen molar-refractivity contribution in [2.75, 3.05) is 26.2 Å². The van der Waals surface area contributed by atoms with E-state index >= 15 is 0 Å². The lowest BCUT2D eigenvalue weighted by atomic mass is 10.1. The van der Waals surface area contributed by atoms with Gasteiger partial charge in [0.1, 0.15) is 5.69 Å². The summed E-state index contributed by atoms with van der Waals surface area (Å²) in [6.45, 7) is 3.25. The first-order chi connectivity index (χ1) is 9.75. The number of carbonyl (C=O) groups is 1. The van der Waals surface area contributed by atoms with E-state index in [0.717, 1.165) is 51.0 Å². The Morgan fingerprint density at radius 2 is 2.10 bits per heavy atom. The molecule has 0 radical (unpaired) electrons. The van der Waals surface area contributed by atoms with Crippen molar-refractivity contribution in [2.24, 2.45) is 0 Å². The molecular formula is C15H23N3O2. The van der Waals surface area contributed by atoms with Crippen LogP contribution in [-0.2, 0) is 0 Å². The van der Waals surface area contributed by atoms with Crippen LogP contribution in [0.4, 0.5) is 0 Å². The van der Waals surface area contributed by atoms with Crippen LogP contribution >= 0.6 is 0 Å². The van der Waals surface area contributed by atoms with Gasteiger partial charge in [0.15, 0.2) is 0 Å². The molecule has 2 N–H and O–H groups in total. The largest absolute Gasteiger partial charge is 0.391 e. The van der Waals surface area contributed by atoms with Crippen LogP contribution in [0.15, 0.2) is 18.3 Å². The molecular weight excluding hydrogens is 254 g/mol. The van der Waals surface area contributed by atoms with E-state index in [1.807, 2.05) is 18.3 Å². The maximum atomic E-state index is 12.6. The number of piperidine rings is 2. The topological polar surface area (TPSA) is 57.5 Å². The molecule has 20 heavy (non-hydrogen) atoms. The molecule has 2 fully saturated rings. The molecule has 0 aromatic carbocycles.